The Hall–Kier alpha value is -0.880. The average molecular weight is 257 g/mol. The van der Waals surface area contributed by atoms with Gasteiger partial charge in [-0.1, -0.05) is 6.92 Å². The molecule has 0 bridgehead atoms. The van der Waals surface area contributed by atoms with Gasteiger partial charge in [0.2, 0.25) is 10.0 Å². The zero-order valence-electron chi connectivity index (χ0n) is 10.5. The molecule has 0 spiro atoms. The molecular formula is C11H19N3O2S. The summed E-state index contributed by atoms with van der Waals surface area (Å²) in [5, 5.41) is 4.10. The number of sulfonamides is 1. The van der Waals surface area contributed by atoms with E-state index >= 15 is 0 Å². The van der Waals surface area contributed by atoms with Gasteiger partial charge < -0.3 is 0 Å². The Morgan fingerprint density at radius 2 is 1.94 bits per heavy atom. The van der Waals surface area contributed by atoms with Gasteiger partial charge in [0.15, 0.2) is 0 Å². The van der Waals surface area contributed by atoms with Crippen LogP contribution in [0.1, 0.15) is 25.5 Å². The highest BCUT2D eigenvalue weighted by molar-refractivity contribution is 7.89. The molecule has 1 aromatic rings. The molecule has 1 aromatic heterocycles. The summed E-state index contributed by atoms with van der Waals surface area (Å²) in [6.07, 6.45) is 3.47. The van der Waals surface area contributed by atoms with Crippen molar-refractivity contribution in [2.45, 2.75) is 31.6 Å². The first-order chi connectivity index (χ1) is 7.91. The van der Waals surface area contributed by atoms with Crippen molar-refractivity contribution >= 4 is 10.0 Å². The molecule has 96 valence electrons. The lowest BCUT2D eigenvalue weighted by Crippen LogP contribution is -2.38. The number of hydrogen-bond donors (Lipinski definition) is 0. The van der Waals surface area contributed by atoms with Gasteiger partial charge in [0.25, 0.3) is 0 Å². The lowest BCUT2D eigenvalue weighted by Gasteiger charge is -2.29. The fourth-order valence-electron chi connectivity index (χ4n) is 2.20. The Labute approximate surface area is 102 Å². The summed E-state index contributed by atoms with van der Waals surface area (Å²) < 4.78 is 27.9. The van der Waals surface area contributed by atoms with Crippen LogP contribution in [0.4, 0.5) is 0 Å². The van der Waals surface area contributed by atoms with Gasteiger partial charge in [-0.3, -0.25) is 4.68 Å². The lowest BCUT2D eigenvalue weighted by molar-refractivity contribution is 0.288. The molecule has 1 saturated heterocycles. The van der Waals surface area contributed by atoms with Gasteiger partial charge in [-0.2, -0.15) is 9.40 Å². The van der Waals surface area contributed by atoms with E-state index in [-0.39, 0.29) is 0 Å². The molecule has 0 amide bonds. The summed E-state index contributed by atoms with van der Waals surface area (Å²) >= 11 is 0. The highest BCUT2D eigenvalue weighted by Crippen LogP contribution is 2.24. The number of piperidine rings is 1. The van der Waals surface area contributed by atoms with Crippen LogP contribution >= 0.6 is 0 Å². The first-order valence-electron chi connectivity index (χ1n) is 5.91. The quantitative estimate of drug-likeness (QED) is 0.798. The van der Waals surface area contributed by atoms with Crippen molar-refractivity contribution in [3.05, 3.63) is 11.9 Å². The molecule has 0 atom stereocenters. The molecule has 17 heavy (non-hydrogen) atoms. The Kier molecular flexibility index (Phi) is 3.27. The number of rotatable bonds is 2. The minimum atomic E-state index is -3.35. The molecule has 5 nitrogen and oxygen atoms in total. The van der Waals surface area contributed by atoms with Gasteiger partial charge in [0.1, 0.15) is 4.90 Å². The van der Waals surface area contributed by atoms with Crippen molar-refractivity contribution in [2.24, 2.45) is 13.0 Å². The average Bonchev–Trinajstić information content (AvgIpc) is 2.59. The number of aromatic nitrogens is 2. The molecule has 2 heterocycles. The first kappa shape index (κ1) is 12.6. The Bertz CT molecular complexity index is 499. The van der Waals surface area contributed by atoms with Crippen LogP contribution in [0.3, 0.4) is 0 Å². The molecule has 1 fully saturated rings. The second kappa shape index (κ2) is 4.42. The van der Waals surface area contributed by atoms with E-state index in [4.69, 9.17) is 0 Å². The molecule has 2 rings (SSSR count). The third-order valence-corrected chi connectivity index (χ3v) is 5.33. The highest BCUT2D eigenvalue weighted by Gasteiger charge is 2.30. The zero-order chi connectivity index (χ0) is 12.6. The third kappa shape index (κ3) is 2.37. The van der Waals surface area contributed by atoms with Crippen molar-refractivity contribution < 1.29 is 8.42 Å². The van der Waals surface area contributed by atoms with Gasteiger partial charge >= 0.3 is 0 Å². The van der Waals surface area contributed by atoms with Gasteiger partial charge in [-0.05, 0) is 25.7 Å². The molecule has 0 aliphatic carbocycles. The molecule has 1 aliphatic heterocycles. The van der Waals surface area contributed by atoms with E-state index in [1.807, 2.05) is 0 Å². The maximum atomic E-state index is 12.4. The van der Waals surface area contributed by atoms with E-state index in [0.717, 1.165) is 12.8 Å². The minimum Gasteiger partial charge on any atom is -0.274 e. The molecule has 0 saturated carbocycles. The minimum absolute atomic E-state index is 0.342. The van der Waals surface area contributed by atoms with E-state index in [1.165, 1.54) is 0 Å². The maximum absolute atomic E-state index is 12.4. The smallest absolute Gasteiger partial charge is 0.246 e. The van der Waals surface area contributed by atoms with Crippen LogP contribution in [-0.2, 0) is 17.1 Å². The summed E-state index contributed by atoms with van der Waals surface area (Å²) in [5.74, 6) is 0.622. The van der Waals surface area contributed by atoms with E-state index in [2.05, 4.69) is 12.0 Å². The van der Waals surface area contributed by atoms with Crippen LogP contribution < -0.4 is 0 Å². The van der Waals surface area contributed by atoms with Crippen LogP contribution in [-0.4, -0.2) is 35.6 Å². The maximum Gasteiger partial charge on any atom is 0.246 e. The van der Waals surface area contributed by atoms with Crippen LogP contribution in [0.2, 0.25) is 0 Å². The summed E-state index contributed by atoms with van der Waals surface area (Å²) in [6.45, 7) is 5.15. The van der Waals surface area contributed by atoms with Crippen molar-refractivity contribution in [3.8, 4) is 0 Å². The predicted octanol–water partition coefficient (Wildman–Crippen LogP) is 1.15. The molecule has 0 N–H and O–H groups in total. The van der Waals surface area contributed by atoms with Crippen LogP contribution in [0.5, 0.6) is 0 Å². The molecule has 1 aliphatic rings. The normalized spacial score (nSPS) is 19.7. The number of nitrogens with zero attached hydrogens (tertiary/aromatic N) is 3. The van der Waals surface area contributed by atoms with Crippen molar-refractivity contribution in [2.75, 3.05) is 13.1 Å². The molecule has 0 aromatic carbocycles. The summed E-state index contributed by atoms with van der Waals surface area (Å²) in [6, 6.07) is 0. The lowest BCUT2D eigenvalue weighted by atomic mass is 10.0. The SMILES string of the molecule is Cc1nn(C)cc1S(=O)(=O)N1CCC(C)CC1. The summed E-state index contributed by atoms with van der Waals surface area (Å²) in [7, 11) is -1.60. The van der Waals surface area contributed by atoms with Gasteiger partial charge in [-0.15, -0.1) is 0 Å². The standard InChI is InChI=1S/C11H19N3O2S/c1-9-4-6-14(7-5-9)17(15,16)11-8-13(3)12-10(11)2/h8-9H,4-7H2,1-3H3. The predicted molar refractivity (Wildman–Crippen MR) is 65.1 cm³/mol. The van der Waals surface area contributed by atoms with E-state index in [9.17, 15) is 8.42 Å². The van der Waals surface area contributed by atoms with Gasteiger partial charge in [0, 0.05) is 26.3 Å². The fourth-order valence-corrected chi connectivity index (χ4v) is 3.87. The van der Waals surface area contributed by atoms with Crippen LogP contribution in [0, 0.1) is 12.8 Å². The monoisotopic (exact) mass is 257 g/mol. The van der Waals surface area contributed by atoms with E-state index < -0.39 is 10.0 Å². The Balaban J connectivity index is 2.28. The Morgan fingerprint density at radius 1 is 1.35 bits per heavy atom. The molecular weight excluding hydrogens is 238 g/mol. The first-order valence-corrected chi connectivity index (χ1v) is 7.35. The van der Waals surface area contributed by atoms with Crippen molar-refractivity contribution in [1.29, 1.82) is 0 Å². The fraction of sp³-hybridized carbons (Fsp3) is 0.727. The zero-order valence-corrected chi connectivity index (χ0v) is 11.4. The van der Waals surface area contributed by atoms with Gasteiger partial charge in [0.05, 0.1) is 5.69 Å². The third-order valence-electron chi connectivity index (χ3n) is 3.33. The van der Waals surface area contributed by atoms with Gasteiger partial charge in [-0.25, -0.2) is 8.42 Å². The van der Waals surface area contributed by atoms with Crippen molar-refractivity contribution in [3.63, 3.8) is 0 Å². The molecule has 0 unspecified atom stereocenters. The second-order valence-corrected chi connectivity index (χ2v) is 6.75. The molecule has 6 heteroatoms. The second-order valence-electron chi connectivity index (χ2n) is 4.84. The van der Waals surface area contributed by atoms with E-state index in [1.54, 1.807) is 29.2 Å². The number of aryl methyl sites for hydroxylation is 2. The topological polar surface area (TPSA) is 55.2 Å². The molecule has 0 radical (unpaired) electrons. The summed E-state index contributed by atoms with van der Waals surface area (Å²) in [5.41, 5.74) is 0.575. The number of hydrogen-bond acceptors (Lipinski definition) is 3. The van der Waals surface area contributed by atoms with Crippen LogP contribution in [0.15, 0.2) is 11.1 Å². The van der Waals surface area contributed by atoms with Crippen molar-refractivity contribution in [1.82, 2.24) is 14.1 Å². The summed E-state index contributed by atoms with van der Waals surface area (Å²) in [4.78, 5) is 0.342. The van der Waals surface area contributed by atoms with Crippen LogP contribution in [0.25, 0.3) is 0 Å². The van der Waals surface area contributed by atoms with E-state index in [0.29, 0.717) is 29.6 Å². The largest absolute Gasteiger partial charge is 0.274 e. The Morgan fingerprint density at radius 3 is 2.41 bits per heavy atom. The highest BCUT2D eigenvalue weighted by atomic mass is 32.2.